The highest BCUT2D eigenvalue weighted by Gasteiger charge is 2.17. The zero-order valence-electron chi connectivity index (χ0n) is 28.6. The number of rotatable bonds is 6. The smallest absolute Gasteiger partial charge is 0.164 e. The normalized spacial score (nSPS) is 11.4. The fourth-order valence-corrected chi connectivity index (χ4v) is 7.32. The highest BCUT2D eigenvalue weighted by molar-refractivity contribution is 6.13. The number of fused-ring (bicyclic) bond motifs is 4. The molecule has 0 fully saturated rings. The largest absolute Gasteiger partial charge is 0.456 e. The maximum atomic E-state index is 6.49. The Labute approximate surface area is 306 Å². The lowest BCUT2D eigenvalue weighted by molar-refractivity contribution is 0.669. The zero-order chi connectivity index (χ0) is 35.1. The minimum atomic E-state index is 0.584. The minimum Gasteiger partial charge on any atom is -0.456 e. The van der Waals surface area contributed by atoms with E-state index in [1.807, 2.05) is 30.3 Å². The van der Waals surface area contributed by atoms with Crippen LogP contribution in [-0.4, -0.2) is 15.0 Å². The summed E-state index contributed by atoms with van der Waals surface area (Å²) in [6.45, 7) is 0. The van der Waals surface area contributed by atoms with Crippen molar-refractivity contribution >= 4 is 32.7 Å². The summed E-state index contributed by atoms with van der Waals surface area (Å²) in [7, 11) is 0. The molecule has 2 aromatic heterocycles. The van der Waals surface area contributed by atoms with Crippen molar-refractivity contribution in [2.75, 3.05) is 0 Å². The third kappa shape index (κ3) is 5.63. The van der Waals surface area contributed by atoms with Crippen molar-refractivity contribution in [1.82, 2.24) is 15.0 Å². The van der Waals surface area contributed by atoms with Crippen molar-refractivity contribution in [3.05, 3.63) is 188 Å². The summed E-state index contributed by atoms with van der Waals surface area (Å²) in [4.78, 5) is 15.3. The topological polar surface area (TPSA) is 51.8 Å². The first kappa shape index (κ1) is 30.6. The van der Waals surface area contributed by atoms with Gasteiger partial charge in [0.15, 0.2) is 17.5 Å². The molecule has 0 aliphatic rings. The maximum Gasteiger partial charge on any atom is 0.164 e. The molecule has 0 N–H and O–H groups in total. The van der Waals surface area contributed by atoms with E-state index in [2.05, 4.69) is 158 Å². The first-order valence-electron chi connectivity index (χ1n) is 17.8. The van der Waals surface area contributed by atoms with Gasteiger partial charge in [0.05, 0.1) is 0 Å². The van der Waals surface area contributed by atoms with Crippen LogP contribution in [0.5, 0.6) is 0 Å². The van der Waals surface area contributed by atoms with E-state index in [0.29, 0.717) is 17.5 Å². The van der Waals surface area contributed by atoms with Crippen molar-refractivity contribution in [2.45, 2.75) is 0 Å². The van der Waals surface area contributed by atoms with Crippen molar-refractivity contribution in [3.63, 3.8) is 0 Å². The lowest BCUT2D eigenvalue weighted by Gasteiger charge is -2.11. The van der Waals surface area contributed by atoms with Crippen molar-refractivity contribution in [1.29, 1.82) is 0 Å². The van der Waals surface area contributed by atoms with Gasteiger partial charge < -0.3 is 4.42 Å². The molecule has 0 saturated heterocycles. The van der Waals surface area contributed by atoms with E-state index in [9.17, 15) is 0 Å². The summed E-state index contributed by atoms with van der Waals surface area (Å²) in [5, 5.41) is 4.45. The molecule has 0 amide bonds. The summed E-state index contributed by atoms with van der Waals surface area (Å²) >= 11 is 0. The number of furan rings is 1. The number of hydrogen-bond acceptors (Lipinski definition) is 4. The van der Waals surface area contributed by atoms with Gasteiger partial charge in [-0.25, -0.2) is 15.0 Å². The van der Waals surface area contributed by atoms with Gasteiger partial charge >= 0.3 is 0 Å². The molecule has 0 atom stereocenters. The molecule has 0 aliphatic heterocycles. The van der Waals surface area contributed by atoms with Gasteiger partial charge in [0.1, 0.15) is 11.2 Å². The van der Waals surface area contributed by atoms with Gasteiger partial charge in [-0.3, -0.25) is 0 Å². The minimum absolute atomic E-state index is 0.584. The van der Waals surface area contributed by atoms with Crippen LogP contribution in [-0.2, 0) is 0 Å². The number of nitrogens with zero attached hydrogens (tertiary/aromatic N) is 3. The number of hydrogen-bond donors (Lipinski definition) is 0. The van der Waals surface area contributed by atoms with Gasteiger partial charge in [-0.1, -0.05) is 164 Å². The summed E-state index contributed by atoms with van der Waals surface area (Å²) in [5.74, 6) is 1.81. The Kier molecular flexibility index (Phi) is 7.43. The SMILES string of the molecule is c1ccc(-c2ccc(-c3nc(-c4ccc5c(-c6ccccc6)cccc5c4)nc(-c4ccc5c(c4)oc4cccc(-c6ccccc6)c45)n3)cc2)cc1. The van der Waals surface area contributed by atoms with Crippen LogP contribution in [0.4, 0.5) is 0 Å². The van der Waals surface area contributed by atoms with E-state index >= 15 is 0 Å². The van der Waals surface area contributed by atoms with Gasteiger partial charge in [0, 0.05) is 27.5 Å². The third-order valence-electron chi connectivity index (χ3n) is 9.95. The molecule has 248 valence electrons. The predicted octanol–water partition coefficient (Wildman–Crippen LogP) is 12.9. The first-order chi connectivity index (χ1) is 26.2. The second kappa shape index (κ2) is 12.9. The molecule has 4 nitrogen and oxygen atoms in total. The Morgan fingerprint density at radius 2 is 0.792 bits per heavy atom. The lowest BCUT2D eigenvalue weighted by Crippen LogP contribution is -2.00. The average Bonchev–Trinajstić information content (AvgIpc) is 3.62. The summed E-state index contributed by atoms with van der Waals surface area (Å²) in [5.41, 5.74) is 11.3. The summed E-state index contributed by atoms with van der Waals surface area (Å²) in [6, 6.07) is 65.2. The Balaban J connectivity index is 1.12. The van der Waals surface area contributed by atoms with Crippen LogP contribution in [0.15, 0.2) is 192 Å². The van der Waals surface area contributed by atoms with E-state index in [0.717, 1.165) is 66.3 Å². The molecule has 10 rings (SSSR count). The van der Waals surface area contributed by atoms with Crippen LogP contribution >= 0.6 is 0 Å². The van der Waals surface area contributed by atoms with E-state index < -0.39 is 0 Å². The fraction of sp³-hybridized carbons (Fsp3) is 0. The Morgan fingerprint density at radius 1 is 0.302 bits per heavy atom. The number of benzene rings is 8. The van der Waals surface area contributed by atoms with Crippen molar-refractivity contribution < 1.29 is 4.42 Å². The number of aromatic nitrogens is 3. The standard InChI is InChI=1S/C49H31N3O/c1-4-12-32(13-5-1)33-22-24-36(25-23-33)47-50-48(38-26-28-41-37(30-38)18-10-19-40(41)34-14-6-2-7-15-34)52-49(51-47)39-27-29-43-45(31-39)53-44-21-11-20-42(46(43)44)35-16-8-3-9-17-35/h1-31H. The molecule has 0 radical (unpaired) electrons. The predicted molar refractivity (Wildman–Crippen MR) is 217 cm³/mol. The van der Waals surface area contributed by atoms with E-state index in [1.165, 1.54) is 16.5 Å². The van der Waals surface area contributed by atoms with Gasteiger partial charge in [-0.05, 0) is 68.4 Å². The van der Waals surface area contributed by atoms with Crippen LogP contribution < -0.4 is 0 Å². The van der Waals surface area contributed by atoms with Gasteiger partial charge in [-0.15, -0.1) is 0 Å². The van der Waals surface area contributed by atoms with Crippen LogP contribution in [0, 0.1) is 0 Å². The molecule has 0 spiro atoms. The molecule has 0 unspecified atom stereocenters. The second-order valence-corrected chi connectivity index (χ2v) is 13.2. The Morgan fingerprint density at radius 3 is 1.47 bits per heavy atom. The third-order valence-corrected chi connectivity index (χ3v) is 9.95. The van der Waals surface area contributed by atoms with Gasteiger partial charge in [0.2, 0.25) is 0 Å². The van der Waals surface area contributed by atoms with Crippen LogP contribution in [0.2, 0.25) is 0 Å². The molecule has 0 aliphatic carbocycles. The maximum absolute atomic E-state index is 6.49. The molecule has 10 aromatic rings. The van der Waals surface area contributed by atoms with E-state index in [4.69, 9.17) is 19.4 Å². The van der Waals surface area contributed by atoms with Crippen molar-refractivity contribution in [3.8, 4) is 67.5 Å². The van der Waals surface area contributed by atoms with Gasteiger partial charge in [-0.2, -0.15) is 0 Å². The van der Waals surface area contributed by atoms with Crippen molar-refractivity contribution in [2.24, 2.45) is 0 Å². The lowest BCUT2D eigenvalue weighted by atomic mass is 9.97. The van der Waals surface area contributed by atoms with Crippen LogP contribution in [0.1, 0.15) is 0 Å². The average molecular weight is 678 g/mol. The second-order valence-electron chi connectivity index (χ2n) is 13.2. The molecule has 8 aromatic carbocycles. The van der Waals surface area contributed by atoms with E-state index in [1.54, 1.807) is 0 Å². The van der Waals surface area contributed by atoms with E-state index in [-0.39, 0.29) is 0 Å². The van der Waals surface area contributed by atoms with Crippen LogP contribution in [0.25, 0.3) is 100 Å². The molecular formula is C49H31N3O. The van der Waals surface area contributed by atoms with Gasteiger partial charge in [0.25, 0.3) is 0 Å². The Bertz CT molecular complexity index is 2920. The monoisotopic (exact) mass is 677 g/mol. The molecule has 2 heterocycles. The summed E-state index contributed by atoms with van der Waals surface area (Å²) in [6.07, 6.45) is 0. The summed E-state index contributed by atoms with van der Waals surface area (Å²) < 4.78 is 6.49. The van der Waals surface area contributed by atoms with Crippen LogP contribution in [0.3, 0.4) is 0 Å². The highest BCUT2D eigenvalue weighted by Crippen LogP contribution is 2.39. The highest BCUT2D eigenvalue weighted by atomic mass is 16.3. The molecular weight excluding hydrogens is 647 g/mol. The molecule has 0 saturated carbocycles. The molecule has 0 bridgehead atoms. The first-order valence-corrected chi connectivity index (χ1v) is 17.8. The zero-order valence-corrected chi connectivity index (χ0v) is 28.6. The fourth-order valence-electron chi connectivity index (χ4n) is 7.32. The quantitative estimate of drug-likeness (QED) is 0.176. The Hall–Kier alpha value is -7.17. The molecule has 53 heavy (non-hydrogen) atoms. The molecule has 4 heteroatoms.